The lowest BCUT2D eigenvalue weighted by atomic mass is 9.89. The third kappa shape index (κ3) is 2.98. The summed E-state index contributed by atoms with van der Waals surface area (Å²) in [4.78, 5) is 4.10. The highest BCUT2D eigenvalue weighted by molar-refractivity contribution is 7.91. The van der Waals surface area contributed by atoms with Crippen molar-refractivity contribution in [1.29, 1.82) is 0 Å². The van der Waals surface area contributed by atoms with Crippen LogP contribution in [0.1, 0.15) is 38.5 Å². The highest BCUT2D eigenvalue weighted by Gasteiger charge is 2.40. The van der Waals surface area contributed by atoms with Gasteiger partial charge in [0, 0.05) is 12.6 Å². The molecule has 8 heteroatoms. The molecule has 112 valence electrons. The van der Waals surface area contributed by atoms with E-state index in [0.29, 0.717) is 11.2 Å². The fraction of sp³-hybridized carbons (Fsp3) is 0.750. The first kappa shape index (κ1) is 14.2. The SMILES string of the molecule is NS(=O)(=O)c1cnc(NC2CCOC3(CCCC3)C2)s1. The van der Waals surface area contributed by atoms with Crippen LogP contribution in [0.4, 0.5) is 5.13 Å². The Morgan fingerprint density at radius 2 is 2.20 bits per heavy atom. The molecule has 2 aliphatic rings. The average molecular weight is 317 g/mol. The third-order valence-corrected chi connectivity index (χ3v) is 6.44. The molecule has 1 unspecified atom stereocenters. The zero-order chi connectivity index (χ0) is 14.2. The molecular formula is C12H19N3O3S2. The molecule has 0 aromatic carbocycles. The number of aromatic nitrogens is 1. The fourth-order valence-electron chi connectivity index (χ4n) is 3.15. The summed E-state index contributed by atoms with van der Waals surface area (Å²) in [5.74, 6) is 0. The maximum Gasteiger partial charge on any atom is 0.249 e. The summed E-state index contributed by atoms with van der Waals surface area (Å²) in [6.45, 7) is 0.755. The number of anilines is 1. The molecule has 1 spiro atoms. The number of ether oxygens (including phenoxy) is 1. The zero-order valence-electron chi connectivity index (χ0n) is 11.2. The van der Waals surface area contributed by atoms with Gasteiger partial charge in [-0.05, 0) is 25.7 Å². The van der Waals surface area contributed by atoms with Crippen molar-refractivity contribution in [2.45, 2.75) is 54.4 Å². The van der Waals surface area contributed by atoms with Crippen LogP contribution in [0, 0.1) is 0 Å². The number of hydrogen-bond acceptors (Lipinski definition) is 6. The minimum absolute atomic E-state index is 0.0376. The van der Waals surface area contributed by atoms with Gasteiger partial charge in [-0.2, -0.15) is 0 Å². The lowest BCUT2D eigenvalue weighted by molar-refractivity contribution is -0.0767. The van der Waals surface area contributed by atoms with Gasteiger partial charge in [-0.1, -0.05) is 24.2 Å². The molecule has 1 aliphatic heterocycles. The molecule has 1 saturated carbocycles. The van der Waals surface area contributed by atoms with Gasteiger partial charge < -0.3 is 10.1 Å². The number of sulfonamides is 1. The molecule has 1 aliphatic carbocycles. The van der Waals surface area contributed by atoms with Crippen LogP contribution in [0.5, 0.6) is 0 Å². The summed E-state index contributed by atoms with van der Waals surface area (Å²) in [7, 11) is -3.65. The van der Waals surface area contributed by atoms with Gasteiger partial charge in [0.15, 0.2) is 9.34 Å². The molecule has 1 aromatic heterocycles. The molecule has 1 saturated heterocycles. The van der Waals surface area contributed by atoms with Crippen molar-refractivity contribution < 1.29 is 13.2 Å². The van der Waals surface area contributed by atoms with Gasteiger partial charge in [-0.3, -0.25) is 0 Å². The molecule has 1 atom stereocenters. The van der Waals surface area contributed by atoms with Gasteiger partial charge in [0.05, 0.1) is 11.8 Å². The Morgan fingerprint density at radius 3 is 2.85 bits per heavy atom. The summed E-state index contributed by atoms with van der Waals surface area (Å²) < 4.78 is 28.6. The van der Waals surface area contributed by atoms with Crippen LogP contribution in [-0.4, -0.2) is 31.7 Å². The van der Waals surface area contributed by atoms with Crippen LogP contribution in [0.15, 0.2) is 10.4 Å². The Kier molecular flexibility index (Phi) is 3.74. The summed E-state index contributed by atoms with van der Waals surface area (Å²) in [6.07, 6.45) is 7.94. The van der Waals surface area contributed by atoms with Gasteiger partial charge in [0.25, 0.3) is 0 Å². The van der Waals surface area contributed by atoms with Crippen LogP contribution >= 0.6 is 11.3 Å². The van der Waals surface area contributed by atoms with Crippen LogP contribution in [-0.2, 0) is 14.8 Å². The monoisotopic (exact) mass is 317 g/mol. The molecular weight excluding hydrogens is 298 g/mol. The maximum atomic E-state index is 11.2. The summed E-state index contributed by atoms with van der Waals surface area (Å²) >= 11 is 1.09. The fourth-order valence-corrected chi connectivity index (χ4v) is 4.68. The van der Waals surface area contributed by atoms with Gasteiger partial charge >= 0.3 is 0 Å². The first-order chi connectivity index (χ1) is 9.47. The van der Waals surface area contributed by atoms with Crippen LogP contribution in [0.2, 0.25) is 0 Å². The van der Waals surface area contributed by atoms with Crippen molar-refractivity contribution in [3.63, 3.8) is 0 Å². The number of primary sulfonamides is 1. The Labute approximate surface area is 122 Å². The Hall–Kier alpha value is -0.700. The normalized spacial score (nSPS) is 25.9. The molecule has 20 heavy (non-hydrogen) atoms. The quantitative estimate of drug-likeness (QED) is 0.885. The van der Waals surface area contributed by atoms with Crippen molar-refractivity contribution in [3.8, 4) is 0 Å². The van der Waals surface area contributed by atoms with E-state index in [1.807, 2.05) is 0 Å². The second-order valence-corrected chi connectivity index (χ2v) is 8.42. The van der Waals surface area contributed by atoms with E-state index in [9.17, 15) is 8.42 Å². The molecule has 0 bridgehead atoms. The van der Waals surface area contributed by atoms with Crippen molar-refractivity contribution in [2.75, 3.05) is 11.9 Å². The Morgan fingerprint density at radius 1 is 1.45 bits per heavy atom. The van der Waals surface area contributed by atoms with Crippen molar-refractivity contribution in [3.05, 3.63) is 6.20 Å². The minimum Gasteiger partial charge on any atom is -0.375 e. The Balaban J connectivity index is 1.67. The van der Waals surface area contributed by atoms with E-state index < -0.39 is 10.0 Å². The smallest absolute Gasteiger partial charge is 0.249 e. The zero-order valence-corrected chi connectivity index (χ0v) is 12.8. The van der Waals surface area contributed by atoms with Crippen molar-refractivity contribution in [2.24, 2.45) is 5.14 Å². The van der Waals surface area contributed by atoms with Gasteiger partial charge in [0.2, 0.25) is 10.0 Å². The first-order valence-corrected chi connectivity index (χ1v) is 9.22. The standard InChI is InChI=1S/C12H19N3O3S2/c13-20(16,17)10-8-14-11(19-10)15-9-3-6-18-12(7-9)4-1-2-5-12/h8-9H,1-7H2,(H,14,15)(H2,13,16,17). The molecule has 1 aromatic rings. The molecule has 3 rings (SSSR count). The lowest BCUT2D eigenvalue weighted by Gasteiger charge is -2.38. The molecule has 2 heterocycles. The van der Waals surface area contributed by atoms with E-state index in [2.05, 4.69) is 10.3 Å². The van der Waals surface area contributed by atoms with Crippen molar-refractivity contribution >= 4 is 26.5 Å². The largest absolute Gasteiger partial charge is 0.375 e. The van der Waals surface area contributed by atoms with Gasteiger partial charge in [-0.15, -0.1) is 0 Å². The summed E-state index contributed by atoms with van der Waals surface area (Å²) in [6, 6.07) is 0.293. The predicted molar refractivity (Wildman–Crippen MR) is 77.3 cm³/mol. The van der Waals surface area contributed by atoms with E-state index in [4.69, 9.17) is 9.88 Å². The summed E-state index contributed by atoms with van der Waals surface area (Å²) in [5, 5.41) is 9.04. The molecule has 3 N–H and O–H groups in total. The minimum atomic E-state index is -3.65. The third-order valence-electron chi connectivity index (χ3n) is 4.10. The molecule has 0 amide bonds. The second kappa shape index (κ2) is 5.25. The molecule has 2 fully saturated rings. The van der Waals surface area contributed by atoms with Crippen LogP contribution in [0.25, 0.3) is 0 Å². The van der Waals surface area contributed by atoms with E-state index >= 15 is 0 Å². The van der Waals surface area contributed by atoms with Gasteiger partial charge in [-0.25, -0.2) is 18.5 Å². The molecule has 0 radical (unpaired) electrons. The number of hydrogen-bond donors (Lipinski definition) is 2. The number of rotatable bonds is 3. The van der Waals surface area contributed by atoms with Crippen molar-refractivity contribution in [1.82, 2.24) is 4.98 Å². The summed E-state index contributed by atoms with van der Waals surface area (Å²) in [5.41, 5.74) is 0.0376. The maximum absolute atomic E-state index is 11.2. The lowest BCUT2D eigenvalue weighted by Crippen LogP contribution is -2.42. The molecule has 6 nitrogen and oxygen atoms in total. The predicted octanol–water partition coefficient (Wildman–Crippen LogP) is 1.69. The number of thiazole rings is 1. The van der Waals surface area contributed by atoms with E-state index in [1.54, 1.807) is 0 Å². The van der Waals surface area contributed by atoms with Crippen LogP contribution in [0.3, 0.4) is 0 Å². The van der Waals surface area contributed by atoms with E-state index in [1.165, 1.54) is 19.0 Å². The Bertz CT molecular complexity index is 579. The topological polar surface area (TPSA) is 94.3 Å². The highest BCUT2D eigenvalue weighted by Crippen LogP contribution is 2.40. The number of nitrogens with two attached hydrogens (primary N) is 1. The van der Waals surface area contributed by atoms with Gasteiger partial charge in [0.1, 0.15) is 0 Å². The first-order valence-electron chi connectivity index (χ1n) is 6.86. The average Bonchev–Trinajstić information content (AvgIpc) is 2.99. The number of nitrogens with zero attached hydrogens (tertiary/aromatic N) is 1. The highest BCUT2D eigenvalue weighted by atomic mass is 32.2. The van der Waals surface area contributed by atoms with Crippen LogP contribution < -0.4 is 10.5 Å². The van der Waals surface area contributed by atoms with E-state index in [0.717, 1.165) is 43.6 Å². The number of nitrogens with one attached hydrogen (secondary N) is 1. The second-order valence-electron chi connectivity index (χ2n) is 5.60. The van der Waals surface area contributed by atoms with E-state index in [-0.39, 0.29) is 9.81 Å².